The van der Waals surface area contributed by atoms with E-state index in [2.05, 4.69) is 17.2 Å². The highest BCUT2D eigenvalue weighted by molar-refractivity contribution is 6.43. The molecule has 148 valence electrons. The first kappa shape index (κ1) is 21.5. The molecule has 0 unspecified atom stereocenters. The molecular weight excluding hydrogens is 359 g/mol. The first-order valence-electron chi connectivity index (χ1n) is 9.18. The van der Waals surface area contributed by atoms with Crippen LogP contribution in [0.5, 0.6) is 0 Å². The highest BCUT2D eigenvalue weighted by Crippen LogP contribution is 2.18. The van der Waals surface area contributed by atoms with Crippen molar-refractivity contribution in [1.82, 2.24) is 15.5 Å². The van der Waals surface area contributed by atoms with Crippen LogP contribution >= 0.6 is 0 Å². The maximum atomic E-state index is 12.2. The number of rotatable bonds is 7. The SMILES string of the molecule is C=C(C#N)C(=O)N1CCC[C@H]1CNC(=O)N[C@@H](Cc1ccc(C)cc1)B(O)O. The number of amides is 3. The van der Waals surface area contributed by atoms with Gasteiger partial charge in [0.15, 0.2) is 0 Å². The predicted octanol–water partition coefficient (Wildman–Crippen LogP) is 0.288. The zero-order valence-corrected chi connectivity index (χ0v) is 15.9. The Labute approximate surface area is 165 Å². The Morgan fingerprint density at radius 2 is 2.07 bits per heavy atom. The highest BCUT2D eigenvalue weighted by atomic mass is 16.4. The zero-order chi connectivity index (χ0) is 20.7. The summed E-state index contributed by atoms with van der Waals surface area (Å²) < 4.78 is 0. The van der Waals surface area contributed by atoms with E-state index in [0.717, 1.165) is 17.5 Å². The Balaban J connectivity index is 1.88. The van der Waals surface area contributed by atoms with E-state index >= 15 is 0 Å². The standard InChI is InChI=1S/C19H25BN4O4/c1-13-5-7-15(8-6-13)10-17(20(27)28)23-19(26)22-12-16-4-3-9-24(16)18(25)14(2)11-21/h5-8,16-17,27-28H,2-4,9-10,12H2,1H3,(H2,22,23,26)/t16-,17-/m0/s1. The molecule has 0 aliphatic carbocycles. The fourth-order valence-corrected chi connectivity index (χ4v) is 3.18. The monoisotopic (exact) mass is 384 g/mol. The molecule has 0 bridgehead atoms. The number of nitriles is 1. The van der Waals surface area contributed by atoms with Gasteiger partial charge in [-0.3, -0.25) is 4.79 Å². The lowest BCUT2D eigenvalue weighted by atomic mass is 9.76. The number of urea groups is 1. The van der Waals surface area contributed by atoms with E-state index < -0.39 is 25.0 Å². The van der Waals surface area contributed by atoms with Gasteiger partial charge in [-0.15, -0.1) is 0 Å². The summed E-state index contributed by atoms with van der Waals surface area (Å²) in [6.45, 7) is 6.12. The molecule has 1 aliphatic heterocycles. The third-order valence-corrected chi connectivity index (χ3v) is 4.78. The molecule has 3 amide bonds. The van der Waals surface area contributed by atoms with E-state index in [4.69, 9.17) is 5.26 Å². The summed E-state index contributed by atoms with van der Waals surface area (Å²) in [6.07, 6.45) is 1.76. The van der Waals surface area contributed by atoms with Crippen LogP contribution in [-0.4, -0.2) is 59.1 Å². The largest absolute Gasteiger partial charge is 0.475 e. The van der Waals surface area contributed by atoms with Gasteiger partial charge in [0.1, 0.15) is 11.6 Å². The van der Waals surface area contributed by atoms with Crippen LogP contribution in [-0.2, 0) is 11.2 Å². The maximum absolute atomic E-state index is 12.2. The summed E-state index contributed by atoms with van der Waals surface area (Å²) in [6, 6.07) is 8.54. The van der Waals surface area contributed by atoms with Gasteiger partial charge in [0.2, 0.25) is 0 Å². The van der Waals surface area contributed by atoms with E-state index in [0.29, 0.717) is 13.0 Å². The minimum Gasteiger partial charge on any atom is -0.426 e. The molecule has 2 atom stereocenters. The molecule has 0 spiro atoms. The Bertz CT molecular complexity index is 760. The second-order valence-electron chi connectivity index (χ2n) is 6.95. The van der Waals surface area contributed by atoms with Crippen LogP contribution in [0.1, 0.15) is 24.0 Å². The number of nitrogens with zero attached hydrogens (tertiary/aromatic N) is 2. The van der Waals surface area contributed by atoms with Gasteiger partial charge < -0.3 is 25.6 Å². The van der Waals surface area contributed by atoms with Crippen LogP contribution in [0.15, 0.2) is 36.4 Å². The smallest absolute Gasteiger partial charge is 0.426 e. The van der Waals surface area contributed by atoms with Gasteiger partial charge >= 0.3 is 13.1 Å². The van der Waals surface area contributed by atoms with Gasteiger partial charge in [-0.1, -0.05) is 36.4 Å². The number of hydrogen-bond donors (Lipinski definition) is 4. The molecule has 0 aromatic heterocycles. The van der Waals surface area contributed by atoms with Crippen molar-refractivity contribution >= 4 is 19.1 Å². The second-order valence-corrected chi connectivity index (χ2v) is 6.95. The van der Waals surface area contributed by atoms with Gasteiger partial charge in [0.25, 0.3) is 5.91 Å². The van der Waals surface area contributed by atoms with Crippen molar-refractivity contribution in [3.63, 3.8) is 0 Å². The lowest BCUT2D eigenvalue weighted by Crippen LogP contribution is -2.53. The van der Waals surface area contributed by atoms with Crippen molar-refractivity contribution in [3.8, 4) is 6.07 Å². The molecule has 8 nitrogen and oxygen atoms in total. The quantitative estimate of drug-likeness (QED) is 0.305. The number of carbonyl (C=O) groups is 2. The number of aryl methyl sites for hydroxylation is 1. The van der Waals surface area contributed by atoms with Crippen LogP contribution in [0.3, 0.4) is 0 Å². The molecule has 1 fully saturated rings. The topological polar surface area (TPSA) is 126 Å². The van der Waals surface area contributed by atoms with Crippen molar-refractivity contribution in [3.05, 3.63) is 47.5 Å². The molecule has 1 aliphatic rings. The maximum Gasteiger partial charge on any atom is 0.475 e. The van der Waals surface area contributed by atoms with Gasteiger partial charge in [0.05, 0.1) is 5.94 Å². The Kier molecular flexibility index (Phi) is 7.61. The number of benzene rings is 1. The number of likely N-dealkylation sites (tertiary alicyclic amines) is 1. The lowest BCUT2D eigenvalue weighted by molar-refractivity contribution is -0.127. The van der Waals surface area contributed by atoms with Crippen molar-refractivity contribution in [1.29, 1.82) is 5.26 Å². The van der Waals surface area contributed by atoms with E-state index in [1.165, 1.54) is 4.90 Å². The summed E-state index contributed by atoms with van der Waals surface area (Å²) in [5.74, 6) is -1.29. The average molecular weight is 384 g/mol. The van der Waals surface area contributed by atoms with Crippen molar-refractivity contribution in [2.24, 2.45) is 0 Å². The molecule has 1 heterocycles. The average Bonchev–Trinajstić information content (AvgIpc) is 3.14. The van der Waals surface area contributed by atoms with Crippen LogP contribution in [0.2, 0.25) is 0 Å². The van der Waals surface area contributed by atoms with E-state index in [1.54, 1.807) is 6.07 Å². The molecule has 1 aromatic rings. The molecule has 1 saturated heterocycles. The lowest BCUT2D eigenvalue weighted by Gasteiger charge is -2.25. The Hall–Kier alpha value is -2.83. The summed E-state index contributed by atoms with van der Waals surface area (Å²) >= 11 is 0. The van der Waals surface area contributed by atoms with E-state index in [1.807, 2.05) is 31.2 Å². The van der Waals surface area contributed by atoms with Crippen LogP contribution in [0.4, 0.5) is 4.79 Å². The molecular formula is C19H25BN4O4. The number of nitrogens with one attached hydrogen (secondary N) is 2. The summed E-state index contributed by atoms with van der Waals surface area (Å²) in [7, 11) is -1.71. The molecule has 1 aromatic carbocycles. The number of carbonyl (C=O) groups excluding carboxylic acids is 2. The van der Waals surface area contributed by atoms with Gasteiger partial charge in [-0.25, -0.2) is 4.79 Å². The third kappa shape index (κ3) is 5.84. The minimum absolute atomic E-state index is 0.127. The van der Waals surface area contributed by atoms with E-state index in [9.17, 15) is 19.6 Å². The molecule has 2 rings (SSSR count). The Morgan fingerprint density at radius 3 is 2.68 bits per heavy atom. The summed E-state index contributed by atoms with van der Waals surface area (Å²) in [5.41, 5.74) is 1.83. The molecule has 0 saturated carbocycles. The second kappa shape index (κ2) is 9.92. The normalized spacial score (nSPS) is 16.8. The molecule has 0 radical (unpaired) electrons. The molecule has 4 N–H and O–H groups in total. The number of hydrogen-bond acceptors (Lipinski definition) is 5. The zero-order valence-electron chi connectivity index (χ0n) is 15.9. The molecule has 9 heteroatoms. The minimum atomic E-state index is -1.71. The first-order valence-corrected chi connectivity index (χ1v) is 9.18. The molecule has 28 heavy (non-hydrogen) atoms. The van der Waals surface area contributed by atoms with Gasteiger partial charge in [0, 0.05) is 19.1 Å². The van der Waals surface area contributed by atoms with Crippen molar-refractivity contribution < 1.29 is 19.6 Å². The van der Waals surface area contributed by atoms with Crippen molar-refractivity contribution in [2.45, 2.75) is 38.2 Å². The fourth-order valence-electron chi connectivity index (χ4n) is 3.18. The van der Waals surface area contributed by atoms with Gasteiger partial charge in [-0.2, -0.15) is 5.26 Å². The van der Waals surface area contributed by atoms with Gasteiger partial charge in [-0.05, 0) is 31.7 Å². The van der Waals surface area contributed by atoms with Crippen LogP contribution in [0, 0.1) is 18.3 Å². The third-order valence-electron chi connectivity index (χ3n) is 4.78. The Morgan fingerprint density at radius 1 is 1.39 bits per heavy atom. The van der Waals surface area contributed by atoms with Crippen LogP contribution < -0.4 is 10.6 Å². The summed E-state index contributed by atoms with van der Waals surface area (Å²) in [5, 5.41) is 33.2. The van der Waals surface area contributed by atoms with Crippen molar-refractivity contribution in [2.75, 3.05) is 13.1 Å². The first-order chi connectivity index (χ1) is 13.3. The predicted molar refractivity (Wildman–Crippen MR) is 105 cm³/mol. The van der Waals surface area contributed by atoms with Crippen LogP contribution in [0.25, 0.3) is 0 Å². The highest BCUT2D eigenvalue weighted by Gasteiger charge is 2.31. The van der Waals surface area contributed by atoms with E-state index in [-0.39, 0.29) is 24.6 Å². The summed E-state index contributed by atoms with van der Waals surface area (Å²) in [4.78, 5) is 25.9. The fraction of sp³-hybridized carbons (Fsp3) is 0.421.